The van der Waals surface area contributed by atoms with Gasteiger partial charge in [-0.3, -0.25) is 9.59 Å². The first-order valence-electron chi connectivity index (χ1n) is 5.58. The first-order chi connectivity index (χ1) is 9.08. The highest BCUT2D eigenvalue weighted by Crippen LogP contribution is 2.23. The van der Waals surface area contributed by atoms with E-state index in [0.29, 0.717) is 10.8 Å². The van der Waals surface area contributed by atoms with Gasteiger partial charge < -0.3 is 14.8 Å². The zero-order chi connectivity index (χ0) is 13.8. The molecule has 0 aliphatic rings. The summed E-state index contributed by atoms with van der Waals surface area (Å²) in [6.07, 6.45) is 1.53. The van der Waals surface area contributed by atoms with Gasteiger partial charge in [-0.05, 0) is 12.1 Å². The molecule has 1 unspecified atom stereocenters. The van der Waals surface area contributed by atoms with E-state index < -0.39 is 11.9 Å². The van der Waals surface area contributed by atoms with Crippen LogP contribution in [0.3, 0.4) is 0 Å². The highest BCUT2D eigenvalue weighted by molar-refractivity contribution is 7.13. The molecule has 1 atom stereocenters. The number of carboxylic acids is 1. The lowest BCUT2D eigenvalue weighted by Gasteiger charge is -2.06. The molecule has 7 heteroatoms. The number of carbonyl (C=O) groups is 2. The van der Waals surface area contributed by atoms with E-state index in [4.69, 9.17) is 9.52 Å². The van der Waals surface area contributed by atoms with Crippen molar-refractivity contribution >= 4 is 23.2 Å². The van der Waals surface area contributed by atoms with Crippen molar-refractivity contribution in [3.63, 3.8) is 0 Å². The molecular formula is C12H12N2O4S. The zero-order valence-corrected chi connectivity index (χ0v) is 10.9. The highest BCUT2D eigenvalue weighted by atomic mass is 32.1. The second-order valence-electron chi connectivity index (χ2n) is 3.96. The first-order valence-corrected chi connectivity index (χ1v) is 6.46. The number of furan rings is 1. The van der Waals surface area contributed by atoms with Gasteiger partial charge in [-0.1, -0.05) is 6.92 Å². The van der Waals surface area contributed by atoms with E-state index >= 15 is 0 Å². The third-order valence-corrected chi connectivity index (χ3v) is 3.32. The standard InChI is InChI=1S/C12H12N2O4S/c1-7(12(16)17)5-13-10(15)8-6-19-11(14-8)9-3-2-4-18-9/h2-4,6-7H,5H2,1H3,(H,13,15)(H,16,17). The van der Waals surface area contributed by atoms with Crippen molar-refractivity contribution in [1.82, 2.24) is 10.3 Å². The van der Waals surface area contributed by atoms with Gasteiger partial charge in [0.05, 0.1) is 12.2 Å². The molecule has 0 saturated heterocycles. The van der Waals surface area contributed by atoms with Crippen molar-refractivity contribution in [2.45, 2.75) is 6.92 Å². The molecule has 1 amide bonds. The van der Waals surface area contributed by atoms with Crippen molar-refractivity contribution in [2.24, 2.45) is 5.92 Å². The fraction of sp³-hybridized carbons (Fsp3) is 0.250. The number of amides is 1. The van der Waals surface area contributed by atoms with Crippen LogP contribution in [0.1, 0.15) is 17.4 Å². The molecule has 100 valence electrons. The molecule has 2 aromatic rings. The molecule has 0 bridgehead atoms. The van der Waals surface area contributed by atoms with Crippen LogP contribution in [0, 0.1) is 5.92 Å². The second kappa shape index (κ2) is 5.66. The van der Waals surface area contributed by atoms with E-state index in [2.05, 4.69) is 10.3 Å². The van der Waals surface area contributed by atoms with Gasteiger partial charge in [0.2, 0.25) is 0 Å². The molecule has 0 saturated carbocycles. The quantitative estimate of drug-likeness (QED) is 0.872. The Kier molecular flexibility index (Phi) is 3.96. The third-order valence-electron chi connectivity index (χ3n) is 2.46. The Balaban J connectivity index is 1.99. The van der Waals surface area contributed by atoms with Crippen molar-refractivity contribution in [3.05, 3.63) is 29.5 Å². The summed E-state index contributed by atoms with van der Waals surface area (Å²) in [6.45, 7) is 1.60. The number of nitrogens with one attached hydrogen (secondary N) is 1. The van der Waals surface area contributed by atoms with E-state index in [9.17, 15) is 9.59 Å². The lowest BCUT2D eigenvalue weighted by Crippen LogP contribution is -2.31. The van der Waals surface area contributed by atoms with Gasteiger partial charge in [-0.25, -0.2) is 4.98 Å². The van der Waals surface area contributed by atoms with Gasteiger partial charge >= 0.3 is 5.97 Å². The first kappa shape index (κ1) is 13.3. The smallest absolute Gasteiger partial charge is 0.308 e. The summed E-state index contributed by atoms with van der Waals surface area (Å²) >= 11 is 1.29. The molecule has 0 aromatic carbocycles. The summed E-state index contributed by atoms with van der Waals surface area (Å²) < 4.78 is 5.18. The molecule has 2 aromatic heterocycles. The van der Waals surface area contributed by atoms with Crippen molar-refractivity contribution in [3.8, 4) is 10.8 Å². The minimum absolute atomic E-state index is 0.0712. The topological polar surface area (TPSA) is 92.4 Å². The Hall–Kier alpha value is -2.15. The van der Waals surface area contributed by atoms with Crippen LogP contribution in [0.2, 0.25) is 0 Å². The minimum atomic E-state index is -0.949. The van der Waals surface area contributed by atoms with Crippen LogP contribution in [0.25, 0.3) is 10.8 Å². The maximum absolute atomic E-state index is 11.8. The Labute approximate surface area is 113 Å². The van der Waals surface area contributed by atoms with Gasteiger partial charge in [0, 0.05) is 11.9 Å². The third kappa shape index (κ3) is 3.19. The Morgan fingerprint density at radius 2 is 2.37 bits per heavy atom. The maximum Gasteiger partial charge on any atom is 0.308 e. The van der Waals surface area contributed by atoms with Crippen LogP contribution < -0.4 is 5.32 Å². The number of thiazole rings is 1. The lowest BCUT2D eigenvalue weighted by atomic mass is 10.2. The van der Waals surface area contributed by atoms with Gasteiger partial charge in [-0.15, -0.1) is 11.3 Å². The molecule has 19 heavy (non-hydrogen) atoms. The van der Waals surface area contributed by atoms with Gasteiger partial charge in [-0.2, -0.15) is 0 Å². The normalized spacial score (nSPS) is 12.1. The van der Waals surface area contributed by atoms with Gasteiger partial charge in [0.1, 0.15) is 5.69 Å². The second-order valence-corrected chi connectivity index (χ2v) is 4.82. The summed E-state index contributed by atoms with van der Waals surface area (Å²) in [7, 11) is 0. The average molecular weight is 280 g/mol. The predicted molar refractivity (Wildman–Crippen MR) is 68.9 cm³/mol. The maximum atomic E-state index is 11.8. The van der Waals surface area contributed by atoms with Crippen LogP contribution in [0.4, 0.5) is 0 Å². The fourth-order valence-corrected chi connectivity index (χ4v) is 2.08. The summed E-state index contributed by atoms with van der Waals surface area (Å²) in [4.78, 5) is 26.5. The highest BCUT2D eigenvalue weighted by Gasteiger charge is 2.16. The molecule has 2 N–H and O–H groups in total. The summed E-state index contributed by atoms with van der Waals surface area (Å²) in [5, 5.41) is 13.5. The molecule has 0 spiro atoms. The molecule has 0 aliphatic heterocycles. The summed E-state index contributed by atoms with van der Waals surface area (Å²) in [5.74, 6) is -1.37. The summed E-state index contributed by atoms with van der Waals surface area (Å²) in [6, 6.07) is 3.50. The van der Waals surface area contributed by atoms with E-state index in [1.165, 1.54) is 24.5 Å². The fourth-order valence-electron chi connectivity index (χ4n) is 1.32. The molecule has 0 fully saturated rings. The molecule has 2 heterocycles. The number of carboxylic acid groups (broad SMARTS) is 1. The van der Waals surface area contributed by atoms with Gasteiger partial charge in [0.25, 0.3) is 5.91 Å². The molecule has 0 radical (unpaired) electrons. The number of hydrogen-bond donors (Lipinski definition) is 2. The van der Waals surface area contributed by atoms with Crippen molar-refractivity contribution in [2.75, 3.05) is 6.54 Å². The van der Waals surface area contributed by atoms with E-state index in [1.807, 2.05) is 0 Å². The van der Waals surface area contributed by atoms with E-state index in [1.54, 1.807) is 17.5 Å². The van der Waals surface area contributed by atoms with Crippen LogP contribution in [-0.2, 0) is 4.79 Å². The Morgan fingerprint density at radius 1 is 1.58 bits per heavy atom. The number of carbonyl (C=O) groups excluding carboxylic acids is 1. The van der Waals surface area contributed by atoms with Crippen LogP contribution >= 0.6 is 11.3 Å². The van der Waals surface area contributed by atoms with E-state index in [0.717, 1.165) is 0 Å². The van der Waals surface area contributed by atoms with Crippen molar-refractivity contribution < 1.29 is 19.1 Å². The number of aromatic nitrogens is 1. The van der Waals surface area contributed by atoms with Crippen LogP contribution in [0.15, 0.2) is 28.2 Å². The number of nitrogens with zero attached hydrogens (tertiary/aromatic N) is 1. The molecule has 6 nitrogen and oxygen atoms in total. The summed E-state index contributed by atoms with van der Waals surface area (Å²) in [5.41, 5.74) is 0.258. The molecule has 0 aliphatic carbocycles. The zero-order valence-electron chi connectivity index (χ0n) is 10.1. The lowest BCUT2D eigenvalue weighted by molar-refractivity contribution is -0.140. The largest absolute Gasteiger partial charge is 0.481 e. The van der Waals surface area contributed by atoms with Crippen LogP contribution in [-0.4, -0.2) is 28.5 Å². The van der Waals surface area contributed by atoms with Crippen LogP contribution in [0.5, 0.6) is 0 Å². The number of aliphatic carboxylic acids is 1. The predicted octanol–water partition coefficient (Wildman–Crippen LogP) is 1.85. The number of rotatable bonds is 5. The monoisotopic (exact) mass is 280 g/mol. The minimum Gasteiger partial charge on any atom is -0.481 e. The van der Waals surface area contributed by atoms with Crippen molar-refractivity contribution in [1.29, 1.82) is 0 Å². The number of hydrogen-bond acceptors (Lipinski definition) is 5. The Morgan fingerprint density at radius 3 is 3.00 bits per heavy atom. The SMILES string of the molecule is CC(CNC(=O)c1csc(-c2ccco2)n1)C(=O)O. The van der Waals surface area contributed by atoms with E-state index in [-0.39, 0.29) is 18.1 Å². The average Bonchev–Trinajstić information content (AvgIpc) is 3.04. The van der Waals surface area contributed by atoms with Gasteiger partial charge in [0.15, 0.2) is 10.8 Å². The molecular weight excluding hydrogens is 268 g/mol. The Bertz CT molecular complexity index is 576. The molecule has 2 rings (SSSR count).